The summed E-state index contributed by atoms with van der Waals surface area (Å²) in [7, 11) is 0. The Balaban J connectivity index is 2.44. The molecule has 0 saturated carbocycles. The van der Waals surface area contributed by atoms with Crippen LogP contribution in [0.1, 0.15) is 0 Å². The lowest BCUT2D eigenvalue weighted by Crippen LogP contribution is -1.83. The van der Waals surface area contributed by atoms with Crippen molar-refractivity contribution in [3.63, 3.8) is 0 Å². The molecule has 14 heavy (non-hydrogen) atoms. The Bertz CT molecular complexity index is 439. The third kappa shape index (κ3) is 2.09. The van der Waals surface area contributed by atoms with Crippen molar-refractivity contribution in [2.45, 2.75) is 0 Å². The van der Waals surface area contributed by atoms with Gasteiger partial charge in [0.1, 0.15) is 9.52 Å². The minimum Gasteiger partial charge on any atom is -0.250 e. The normalized spacial score (nSPS) is 10.1. The van der Waals surface area contributed by atoms with Crippen LogP contribution in [0.25, 0.3) is 11.1 Å². The molecule has 1 nitrogen and oxygen atoms in total. The number of hydrogen-bond acceptors (Lipinski definition) is 1. The molecule has 0 radical (unpaired) electrons. The lowest BCUT2D eigenvalue weighted by molar-refractivity contribution is 0.628. The molecule has 0 atom stereocenters. The molecule has 0 bridgehead atoms. The minimum atomic E-state index is -0.221. The number of halogens is 2. The zero-order valence-electron chi connectivity index (χ0n) is 7.24. The summed E-state index contributed by atoms with van der Waals surface area (Å²) < 4.78 is 13.8. The predicted molar refractivity (Wildman–Crippen MR) is 62.3 cm³/mol. The number of rotatable bonds is 1. The van der Waals surface area contributed by atoms with Crippen molar-refractivity contribution in [2.24, 2.45) is 0 Å². The average molecular weight is 299 g/mol. The lowest BCUT2D eigenvalue weighted by Gasteiger charge is -2.00. The molecule has 0 saturated heterocycles. The van der Waals surface area contributed by atoms with E-state index in [1.807, 2.05) is 18.2 Å². The molecular formula is C11H7FIN. The third-order valence-corrected chi connectivity index (χ3v) is 2.52. The molecule has 0 fully saturated rings. The second kappa shape index (κ2) is 4.04. The number of hydrogen-bond donors (Lipinski definition) is 0. The zero-order valence-corrected chi connectivity index (χ0v) is 9.40. The molecule has 0 aliphatic rings. The molecular weight excluding hydrogens is 292 g/mol. The fourth-order valence-corrected chi connectivity index (χ4v) is 1.53. The van der Waals surface area contributed by atoms with Crippen LogP contribution < -0.4 is 0 Å². The molecule has 1 heterocycles. The van der Waals surface area contributed by atoms with E-state index in [0.29, 0.717) is 0 Å². The zero-order chi connectivity index (χ0) is 9.97. The fourth-order valence-electron chi connectivity index (χ4n) is 1.21. The maximum atomic E-state index is 12.9. The molecule has 0 unspecified atom stereocenters. The van der Waals surface area contributed by atoms with Gasteiger partial charge in [-0.15, -0.1) is 0 Å². The molecule has 1 aromatic carbocycles. The minimum absolute atomic E-state index is 0.221. The van der Waals surface area contributed by atoms with E-state index in [1.165, 1.54) is 12.1 Å². The van der Waals surface area contributed by atoms with Crippen LogP contribution in [-0.2, 0) is 0 Å². The van der Waals surface area contributed by atoms with Gasteiger partial charge in [0.25, 0.3) is 0 Å². The summed E-state index contributed by atoms with van der Waals surface area (Å²) in [5.41, 5.74) is 1.79. The van der Waals surface area contributed by atoms with Crippen molar-refractivity contribution in [3.05, 3.63) is 52.1 Å². The predicted octanol–water partition coefficient (Wildman–Crippen LogP) is 3.49. The van der Waals surface area contributed by atoms with Gasteiger partial charge in [-0.05, 0) is 46.4 Å². The van der Waals surface area contributed by atoms with E-state index in [2.05, 4.69) is 27.6 Å². The van der Waals surface area contributed by atoms with Gasteiger partial charge in [-0.2, -0.15) is 0 Å². The second-order valence-corrected chi connectivity index (χ2v) is 3.99. The van der Waals surface area contributed by atoms with Crippen LogP contribution in [-0.4, -0.2) is 4.98 Å². The first-order chi connectivity index (χ1) is 6.75. The molecule has 0 aliphatic carbocycles. The number of benzene rings is 1. The Morgan fingerprint density at radius 3 is 2.57 bits per heavy atom. The monoisotopic (exact) mass is 299 g/mol. The van der Waals surface area contributed by atoms with Gasteiger partial charge < -0.3 is 0 Å². The van der Waals surface area contributed by atoms with Crippen LogP contribution in [0.4, 0.5) is 4.39 Å². The molecule has 0 N–H and O–H groups in total. The SMILES string of the molecule is Fc1cccc(-c2ccc(I)nc2)c1. The summed E-state index contributed by atoms with van der Waals surface area (Å²) in [6.45, 7) is 0. The van der Waals surface area contributed by atoms with Crippen LogP contribution in [0.3, 0.4) is 0 Å². The highest BCUT2D eigenvalue weighted by Crippen LogP contribution is 2.19. The van der Waals surface area contributed by atoms with E-state index in [4.69, 9.17) is 0 Å². The van der Waals surface area contributed by atoms with Crippen LogP contribution in [0.15, 0.2) is 42.6 Å². The summed E-state index contributed by atoms with van der Waals surface area (Å²) in [6.07, 6.45) is 1.75. The number of aromatic nitrogens is 1. The topological polar surface area (TPSA) is 12.9 Å². The number of nitrogens with zero attached hydrogens (tertiary/aromatic N) is 1. The Morgan fingerprint density at radius 2 is 1.93 bits per heavy atom. The highest BCUT2D eigenvalue weighted by molar-refractivity contribution is 14.1. The maximum Gasteiger partial charge on any atom is 0.123 e. The molecule has 0 spiro atoms. The van der Waals surface area contributed by atoms with Crippen molar-refractivity contribution >= 4 is 22.6 Å². The van der Waals surface area contributed by atoms with Gasteiger partial charge in [0.15, 0.2) is 0 Å². The molecule has 0 amide bonds. The van der Waals surface area contributed by atoms with Gasteiger partial charge >= 0.3 is 0 Å². The highest BCUT2D eigenvalue weighted by Gasteiger charge is 1.98. The molecule has 0 aliphatic heterocycles. The first-order valence-electron chi connectivity index (χ1n) is 4.13. The van der Waals surface area contributed by atoms with Crippen molar-refractivity contribution in [3.8, 4) is 11.1 Å². The summed E-state index contributed by atoms with van der Waals surface area (Å²) >= 11 is 2.14. The average Bonchev–Trinajstić information content (AvgIpc) is 2.19. The number of pyridine rings is 1. The van der Waals surface area contributed by atoms with Crippen molar-refractivity contribution in [1.82, 2.24) is 4.98 Å². The lowest BCUT2D eigenvalue weighted by atomic mass is 10.1. The summed E-state index contributed by atoms with van der Waals surface area (Å²) in [6, 6.07) is 10.3. The fraction of sp³-hybridized carbons (Fsp3) is 0. The second-order valence-electron chi connectivity index (χ2n) is 2.88. The van der Waals surface area contributed by atoms with Gasteiger partial charge in [0.05, 0.1) is 0 Å². The third-order valence-electron chi connectivity index (χ3n) is 1.89. The van der Waals surface area contributed by atoms with E-state index in [0.717, 1.165) is 14.8 Å². The van der Waals surface area contributed by atoms with Gasteiger partial charge in [-0.25, -0.2) is 9.37 Å². The molecule has 3 heteroatoms. The molecule has 2 rings (SSSR count). The van der Waals surface area contributed by atoms with Crippen LogP contribution in [0.2, 0.25) is 0 Å². The van der Waals surface area contributed by atoms with E-state index in [-0.39, 0.29) is 5.82 Å². The van der Waals surface area contributed by atoms with Crippen LogP contribution >= 0.6 is 22.6 Å². The van der Waals surface area contributed by atoms with E-state index in [9.17, 15) is 4.39 Å². The van der Waals surface area contributed by atoms with Crippen molar-refractivity contribution < 1.29 is 4.39 Å². The highest BCUT2D eigenvalue weighted by atomic mass is 127. The molecule has 2 aromatic rings. The van der Waals surface area contributed by atoms with E-state index in [1.54, 1.807) is 12.3 Å². The maximum absolute atomic E-state index is 12.9. The Morgan fingerprint density at radius 1 is 1.07 bits per heavy atom. The Hall–Kier alpha value is -0.970. The molecule has 70 valence electrons. The summed E-state index contributed by atoms with van der Waals surface area (Å²) in [5, 5.41) is 0. The van der Waals surface area contributed by atoms with Crippen molar-refractivity contribution in [1.29, 1.82) is 0 Å². The van der Waals surface area contributed by atoms with E-state index >= 15 is 0 Å². The first kappa shape index (κ1) is 9.58. The van der Waals surface area contributed by atoms with Gasteiger partial charge in [0, 0.05) is 11.8 Å². The first-order valence-corrected chi connectivity index (χ1v) is 5.21. The van der Waals surface area contributed by atoms with Crippen molar-refractivity contribution in [2.75, 3.05) is 0 Å². The summed E-state index contributed by atoms with van der Waals surface area (Å²) in [4.78, 5) is 4.15. The van der Waals surface area contributed by atoms with Gasteiger partial charge in [0.2, 0.25) is 0 Å². The van der Waals surface area contributed by atoms with Gasteiger partial charge in [-0.1, -0.05) is 18.2 Å². The molecule has 1 aromatic heterocycles. The van der Waals surface area contributed by atoms with Gasteiger partial charge in [-0.3, -0.25) is 0 Å². The Labute approximate surface area is 95.1 Å². The Kier molecular flexibility index (Phi) is 2.77. The smallest absolute Gasteiger partial charge is 0.123 e. The van der Waals surface area contributed by atoms with Crippen LogP contribution in [0.5, 0.6) is 0 Å². The van der Waals surface area contributed by atoms with Crippen LogP contribution in [0, 0.1) is 9.52 Å². The quantitative estimate of drug-likeness (QED) is 0.580. The largest absolute Gasteiger partial charge is 0.250 e. The van der Waals surface area contributed by atoms with E-state index < -0.39 is 0 Å². The summed E-state index contributed by atoms with van der Waals surface area (Å²) in [5.74, 6) is -0.221. The standard InChI is InChI=1S/C11H7FIN/c12-10-3-1-2-8(6-10)9-4-5-11(13)14-7-9/h1-7H.